The maximum absolute atomic E-state index is 11.6. The van der Waals surface area contributed by atoms with Gasteiger partial charge < -0.3 is 9.26 Å². The Hall–Kier alpha value is -0.880. The van der Waals surface area contributed by atoms with Crippen molar-refractivity contribution in [2.75, 3.05) is 18.1 Å². The molecule has 1 aliphatic carbocycles. The van der Waals surface area contributed by atoms with Gasteiger partial charge in [0.05, 0.1) is 5.75 Å². The molecule has 1 aromatic rings. The second-order valence-corrected chi connectivity index (χ2v) is 5.77. The number of rotatable bonds is 5. The highest BCUT2D eigenvalue weighted by atomic mass is 32.2. The summed E-state index contributed by atoms with van der Waals surface area (Å²) in [6.07, 6.45) is 2.26. The predicted molar refractivity (Wildman–Crippen MR) is 66.5 cm³/mol. The number of carbonyl (C=O) groups is 1. The van der Waals surface area contributed by atoms with Gasteiger partial charge in [0.15, 0.2) is 5.78 Å². The first-order valence-corrected chi connectivity index (χ1v) is 7.50. The van der Waals surface area contributed by atoms with Crippen molar-refractivity contribution in [3.63, 3.8) is 0 Å². The summed E-state index contributed by atoms with van der Waals surface area (Å²) in [5, 5.41) is 4.00. The fraction of sp³-hybridized carbons (Fsp3) is 0.750. The van der Waals surface area contributed by atoms with Crippen LogP contribution in [0.15, 0.2) is 4.52 Å². The number of hydrogen-bond donors (Lipinski definition) is 0. The van der Waals surface area contributed by atoms with Gasteiger partial charge in [-0.25, -0.2) is 0 Å². The van der Waals surface area contributed by atoms with E-state index in [1.807, 2.05) is 6.92 Å². The average molecular weight is 268 g/mol. The third-order valence-corrected chi connectivity index (χ3v) is 4.38. The molecule has 6 heteroatoms. The number of Topliss-reactive ketones (excluding diaryl/α,β-unsaturated/α-hetero) is 1. The molecule has 1 aromatic heterocycles. The first-order valence-electron chi connectivity index (χ1n) is 6.35. The van der Waals surface area contributed by atoms with Gasteiger partial charge in [0.2, 0.25) is 11.7 Å². The van der Waals surface area contributed by atoms with E-state index in [0.717, 1.165) is 18.6 Å². The SMILES string of the molecule is CCOC(c1noc(C2CSCC2=O)n1)C1CC1. The van der Waals surface area contributed by atoms with Crippen LogP contribution in [0.5, 0.6) is 0 Å². The summed E-state index contributed by atoms with van der Waals surface area (Å²) < 4.78 is 10.9. The Kier molecular flexibility index (Phi) is 3.39. The molecule has 0 N–H and O–H groups in total. The molecule has 2 atom stereocenters. The van der Waals surface area contributed by atoms with Gasteiger partial charge in [-0.05, 0) is 25.7 Å². The molecule has 1 saturated carbocycles. The summed E-state index contributed by atoms with van der Waals surface area (Å²) in [7, 11) is 0. The van der Waals surface area contributed by atoms with Crippen molar-refractivity contribution >= 4 is 17.5 Å². The Bertz CT molecular complexity index is 444. The van der Waals surface area contributed by atoms with Gasteiger partial charge in [-0.2, -0.15) is 16.7 Å². The van der Waals surface area contributed by atoms with Gasteiger partial charge >= 0.3 is 0 Å². The van der Waals surface area contributed by atoms with Crippen LogP contribution in [-0.4, -0.2) is 34.0 Å². The Morgan fingerprint density at radius 2 is 2.39 bits per heavy atom. The molecular weight excluding hydrogens is 252 g/mol. The molecule has 0 bridgehead atoms. The minimum Gasteiger partial charge on any atom is -0.370 e. The van der Waals surface area contributed by atoms with Crippen molar-refractivity contribution in [2.45, 2.75) is 31.8 Å². The normalized spacial score (nSPS) is 25.6. The van der Waals surface area contributed by atoms with Crippen molar-refractivity contribution in [3.05, 3.63) is 11.7 Å². The molecule has 18 heavy (non-hydrogen) atoms. The summed E-state index contributed by atoms with van der Waals surface area (Å²) in [5.41, 5.74) is 0. The lowest BCUT2D eigenvalue weighted by atomic mass is 10.1. The maximum Gasteiger partial charge on any atom is 0.238 e. The Balaban J connectivity index is 1.77. The van der Waals surface area contributed by atoms with E-state index in [1.165, 1.54) is 0 Å². The minimum absolute atomic E-state index is 0.0586. The third-order valence-electron chi connectivity index (χ3n) is 3.32. The van der Waals surface area contributed by atoms with Crippen LogP contribution < -0.4 is 0 Å². The molecule has 0 aromatic carbocycles. The molecule has 2 aliphatic rings. The van der Waals surface area contributed by atoms with Crippen molar-refractivity contribution in [3.8, 4) is 0 Å². The third kappa shape index (κ3) is 2.31. The summed E-state index contributed by atoms with van der Waals surface area (Å²) in [5.74, 6) is 2.88. The zero-order chi connectivity index (χ0) is 12.5. The van der Waals surface area contributed by atoms with Crippen LogP contribution in [0.4, 0.5) is 0 Å². The number of carbonyl (C=O) groups excluding carboxylic acids is 1. The smallest absolute Gasteiger partial charge is 0.238 e. The lowest BCUT2D eigenvalue weighted by molar-refractivity contribution is -0.117. The lowest BCUT2D eigenvalue weighted by Gasteiger charge is -2.11. The largest absolute Gasteiger partial charge is 0.370 e. The monoisotopic (exact) mass is 268 g/mol. The maximum atomic E-state index is 11.6. The van der Waals surface area contributed by atoms with E-state index in [2.05, 4.69) is 10.1 Å². The number of aromatic nitrogens is 2. The van der Waals surface area contributed by atoms with Crippen LogP contribution in [0.25, 0.3) is 0 Å². The molecule has 98 valence electrons. The minimum atomic E-state index is -0.210. The molecule has 0 spiro atoms. The number of ether oxygens (including phenoxy) is 1. The van der Waals surface area contributed by atoms with Gasteiger partial charge in [0, 0.05) is 12.4 Å². The molecule has 0 amide bonds. The molecule has 1 aliphatic heterocycles. The summed E-state index contributed by atoms with van der Waals surface area (Å²) >= 11 is 1.62. The molecule has 1 saturated heterocycles. The van der Waals surface area contributed by atoms with Crippen LogP contribution in [0, 0.1) is 5.92 Å². The highest BCUT2D eigenvalue weighted by Gasteiger charge is 2.38. The number of ketones is 1. The summed E-state index contributed by atoms with van der Waals surface area (Å²) in [4.78, 5) is 16.0. The zero-order valence-corrected chi connectivity index (χ0v) is 11.1. The van der Waals surface area contributed by atoms with E-state index in [9.17, 15) is 4.79 Å². The van der Waals surface area contributed by atoms with Crippen LogP contribution >= 0.6 is 11.8 Å². The Morgan fingerprint density at radius 3 is 3.00 bits per heavy atom. The molecule has 2 unspecified atom stereocenters. The molecular formula is C12H16N2O3S. The molecule has 2 heterocycles. The van der Waals surface area contributed by atoms with E-state index in [1.54, 1.807) is 11.8 Å². The zero-order valence-electron chi connectivity index (χ0n) is 10.3. The predicted octanol–water partition coefficient (Wildman–Crippen LogP) is 1.96. The molecule has 0 radical (unpaired) electrons. The van der Waals surface area contributed by atoms with Crippen LogP contribution in [0.3, 0.4) is 0 Å². The second-order valence-electron chi connectivity index (χ2n) is 4.74. The fourth-order valence-electron chi connectivity index (χ4n) is 2.18. The highest BCUT2D eigenvalue weighted by Crippen LogP contribution is 2.42. The Labute approximate surface area is 110 Å². The molecule has 5 nitrogen and oxygen atoms in total. The topological polar surface area (TPSA) is 65.2 Å². The van der Waals surface area contributed by atoms with E-state index >= 15 is 0 Å². The number of thioether (sulfide) groups is 1. The standard InChI is InChI=1S/C12H16N2O3S/c1-2-16-10(7-3-4-7)11-13-12(17-14-11)8-5-18-6-9(8)15/h7-8,10H,2-6H2,1H3. The lowest BCUT2D eigenvalue weighted by Crippen LogP contribution is -2.11. The summed E-state index contributed by atoms with van der Waals surface area (Å²) in [6.45, 7) is 2.61. The second kappa shape index (κ2) is 5.01. The fourth-order valence-corrected chi connectivity index (χ4v) is 3.27. The Morgan fingerprint density at radius 1 is 1.56 bits per heavy atom. The number of hydrogen-bond acceptors (Lipinski definition) is 6. The first-order chi connectivity index (χ1) is 8.79. The van der Waals surface area contributed by atoms with E-state index in [0.29, 0.717) is 30.0 Å². The first kappa shape index (κ1) is 12.2. The quantitative estimate of drug-likeness (QED) is 0.813. The van der Waals surface area contributed by atoms with Crippen molar-refractivity contribution in [1.29, 1.82) is 0 Å². The molecule has 2 fully saturated rings. The van der Waals surface area contributed by atoms with Gasteiger partial charge in [-0.1, -0.05) is 5.16 Å². The van der Waals surface area contributed by atoms with Crippen molar-refractivity contribution in [1.82, 2.24) is 10.1 Å². The van der Waals surface area contributed by atoms with E-state index < -0.39 is 0 Å². The van der Waals surface area contributed by atoms with Crippen LogP contribution in [-0.2, 0) is 9.53 Å². The van der Waals surface area contributed by atoms with Crippen LogP contribution in [0.1, 0.15) is 43.5 Å². The van der Waals surface area contributed by atoms with Gasteiger partial charge in [0.25, 0.3) is 0 Å². The van der Waals surface area contributed by atoms with Crippen molar-refractivity contribution < 1.29 is 14.1 Å². The van der Waals surface area contributed by atoms with Gasteiger partial charge in [0.1, 0.15) is 12.0 Å². The van der Waals surface area contributed by atoms with Crippen LogP contribution in [0.2, 0.25) is 0 Å². The average Bonchev–Trinajstić information content (AvgIpc) is 2.93. The highest BCUT2D eigenvalue weighted by molar-refractivity contribution is 8.00. The number of nitrogens with zero attached hydrogens (tertiary/aromatic N) is 2. The van der Waals surface area contributed by atoms with Crippen molar-refractivity contribution in [2.24, 2.45) is 5.92 Å². The van der Waals surface area contributed by atoms with Gasteiger partial charge in [-0.3, -0.25) is 4.79 Å². The van der Waals surface area contributed by atoms with Gasteiger partial charge in [-0.15, -0.1) is 0 Å². The molecule has 3 rings (SSSR count). The van der Waals surface area contributed by atoms with E-state index in [4.69, 9.17) is 9.26 Å². The van der Waals surface area contributed by atoms with E-state index in [-0.39, 0.29) is 17.8 Å². The summed E-state index contributed by atoms with van der Waals surface area (Å²) in [6, 6.07) is 0.